The molecule has 2 aromatic rings. The number of H-pyrrole nitrogens is 1. The van der Waals surface area contributed by atoms with E-state index in [1.807, 2.05) is 48.7 Å². The minimum Gasteiger partial charge on any atom is -0.342 e. The quantitative estimate of drug-likeness (QED) is 0.786. The van der Waals surface area contributed by atoms with Crippen LogP contribution in [0.3, 0.4) is 0 Å². The first kappa shape index (κ1) is 16.4. The Kier molecular flexibility index (Phi) is 4.87. The van der Waals surface area contributed by atoms with Crippen LogP contribution in [0.2, 0.25) is 0 Å². The molecule has 25 heavy (non-hydrogen) atoms. The van der Waals surface area contributed by atoms with Crippen molar-refractivity contribution in [3.63, 3.8) is 0 Å². The van der Waals surface area contributed by atoms with Crippen molar-refractivity contribution in [1.29, 1.82) is 10.7 Å². The number of hydrogen-bond acceptors (Lipinski definition) is 3. The summed E-state index contributed by atoms with van der Waals surface area (Å²) in [6, 6.07) is 9.83. The van der Waals surface area contributed by atoms with E-state index in [0.717, 1.165) is 23.2 Å². The third-order valence-electron chi connectivity index (χ3n) is 4.11. The lowest BCUT2D eigenvalue weighted by molar-refractivity contribution is 0.819. The Hall–Kier alpha value is -3.45. The van der Waals surface area contributed by atoms with Gasteiger partial charge in [-0.25, -0.2) is 4.98 Å². The van der Waals surface area contributed by atoms with Gasteiger partial charge in [0.15, 0.2) is 0 Å². The molecule has 1 aromatic carbocycles. The second-order valence-electron chi connectivity index (χ2n) is 5.77. The van der Waals surface area contributed by atoms with Gasteiger partial charge in [-0.05, 0) is 35.8 Å². The molecule has 3 rings (SSSR count). The first-order valence-corrected chi connectivity index (χ1v) is 8.02. The molecule has 2 N–H and O–H groups in total. The van der Waals surface area contributed by atoms with E-state index in [1.165, 1.54) is 0 Å². The van der Waals surface area contributed by atoms with Crippen LogP contribution >= 0.6 is 0 Å². The lowest BCUT2D eigenvalue weighted by Gasteiger charge is -2.11. The van der Waals surface area contributed by atoms with E-state index in [0.29, 0.717) is 17.1 Å². The van der Waals surface area contributed by atoms with Gasteiger partial charge in [-0.2, -0.15) is 5.26 Å². The molecule has 1 atom stereocenters. The highest BCUT2D eigenvalue weighted by Gasteiger charge is 2.13. The average molecular weight is 326 g/mol. The Morgan fingerprint density at radius 1 is 1.36 bits per heavy atom. The van der Waals surface area contributed by atoms with Crippen molar-refractivity contribution in [3.05, 3.63) is 89.6 Å². The van der Waals surface area contributed by atoms with E-state index in [9.17, 15) is 0 Å². The lowest BCUT2D eigenvalue weighted by Crippen LogP contribution is -1.98. The molecule has 122 valence electrons. The van der Waals surface area contributed by atoms with Gasteiger partial charge >= 0.3 is 0 Å². The average Bonchev–Trinajstić information content (AvgIpc) is 3.15. The van der Waals surface area contributed by atoms with Crippen molar-refractivity contribution in [2.45, 2.75) is 12.3 Å². The number of imidazole rings is 1. The van der Waals surface area contributed by atoms with Crippen molar-refractivity contribution in [3.8, 4) is 6.07 Å². The van der Waals surface area contributed by atoms with Crippen molar-refractivity contribution < 1.29 is 0 Å². The number of benzene rings is 1. The molecule has 0 saturated heterocycles. The van der Waals surface area contributed by atoms with Gasteiger partial charge in [-0.1, -0.05) is 49.1 Å². The molecule has 0 saturated carbocycles. The van der Waals surface area contributed by atoms with Crippen LogP contribution in [0.25, 0.3) is 12.2 Å². The maximum absolute atomic E-state index is 8.87. The largest absolute Gasteiger partial charge is 0.342 e. The number of allylic oxidation sites excluding steroid dienone is 5. The molecule has 0 spiro atoms. The highest BCUT2D eigenvalue weighted by Crippen LogP contribution is 2.25. The van der Waals surface area contributed by atoms with Gasteiger partial charge < -0.3 is 10.4 Å². The fraction of sp³-hybridized carbons (Fsp3) is 0.0952. The fourth-order valence-corrected chi connectivity index (χ4v) is 2.62. The normalized spacial score (nSPS) is 16.4. The lowest BCUT2D eigenvalue weighted by atomic mass is 9.95. The molecular weight excluding hydrogens is 308 g/mol. The molecule has 0 bridgehead atoms. The molecule has 1 unspecified atom stereocenters. The minimum absolute atomic E-state index is 0.206. The van der Waals surface area contributed by atoms with Gasteiger partial charge in [0.05, 0.1) is 11.8 Å². The summed E-state index contributed by atoms with van der Waals surface area (Å²) in [5.74, 6) is 0.920. The van der Waals surface area contributed by atoms with Crippen LogP contribution < -0.4 is 0 Å². The molecule has 0 fully saturated rings. The smallest absolute Gasteiger partial charge is 0.130 e. The van der Waals surface area contributed by atoms with Crippen molar-refractivity contribution in [2.75, 3.05) is 0 Å². The van der Waals surface area contributed by atoms with E-state index in [2.05, 4.69) is 22.6 Å². The van der Waals surface area contributed by atoms with E-state index in [1.54, 1.807) is 18.2 Å². The third-order valence-corrected chi connectivity index (χ3v) is 4.11. The van der Waals surface area contributed by atoms with Gasteiger partial charge in [-0.3, -0.25) is 0 Å². The minimum atomic E-state index is 0.206. The van der Waals surface area contributed by atoms with Gasteiger partial charge in [0.25, 0.3) is 0 Å². The molecule has 1 aliphatic carbocycles. The van der Waals surface area contributed by atoms with Gasteiger partial charge in [0.1, 0.15) is 5.82 Å². The van der Waals surface area contributed by atoms with E-state index in [-0.39, 0.29) is 5.92 Å². The zero-order chi connectivity index (χ0) is 17.6. The number of nitriles is 1. The fourth-order valence-electron chi connectivity index (χ4n) is 2.62. The summed E-state index contributed by atoms with van der Waals surface area (Å²) in [4.78, 5) is 7.62. The predicted molar refractivity (Wildman–Crippen MR) is 101 cm³/mol. The van der Waals surface area contributed by atoms with Gasteiger partial charge in [0.2, 0.25) is 0 Å². The number of aromatic nitrogens is 2. The molecule has 4 nitrogen and oxygen atoms in total. The summed E-state index contributed by atoms with van der Waals surface area (Å²) >= 11 is 0. The molecular formula is C21H18N4. The van der Waals surface area contributed by atoms with Crippen molar-refractivity contribution in [2.24, 2.45) is 0 Å². The number of hydrogen-bond donors (Lipinski definition) is 2. The number of nitrogens with one attached hydrogen (secondary N) is 2. The summed E-state index contributed by atoms with van der Waals surface area (Å²) in [7, 11) is 0. The van der Waals surface area contributed by atoms with E-state index < -0.39 is 0 Å². The first-order chi connectivity index (χ1) is 12.2. The second-order valence-corrected chi connectivity index (χ2v) is 5.77. The highest BCUT2D eigenvalue weighted by atomic mass is 14.9. The predicted octanol–water partition coefficient (Wildman–Crippen LogP) is 4.63. The third kappa shape index (κ3) is 3.91. The summed E-state index contributed by atoms with van der Waals surface area (Å²) in [5.41, 5.74) is 4.01. The van der Waals surface area contributed by atoms with E-state index in [4.69, 9.17) is 10.7 Å². The Labute approximate surface area is 147 Å². The monoisotopic (exact) mass is 326 g/mol. The number of aromatic amines is 1. The summed E-state index contributed by atoms with van der Waals surface area (Å²) in [6.45, 7) is 3.73. The van der Waals surface area contributed by atoms with Crippen LogP contribution in [0, 0.1) is 16.7 Å². The molecule has 4 heteroatoms. The molecule has 0 radical (unpaired) electrons. The van der Waals surface area contributed by atoms with Crippen LogP contribution in [0.4, 0.5) is 0 Å². The SMILES string of the molecule is C=Cc1ccc(C(=N)/C=C\c2ncc(C3C=CC(C#N)=CC3)[nH]2)cc1. The maximum atomic E-state index is 8.87. The van der Waals surface area contributed by atoms with Crippen LogP contribution in [0.15, 0.2) is 66.9 Å². The van der Waals surface area contributed by atoms with Crippen LogP contribution in [-0.2, 0) is 0 Å². The highest BCUT2D eigenvalue weighted by molar-refractivity contribution is 6.08. The molecule has 0 aliphatic heterocycles. The zero-order valence-corrected chi connectivity index (χ0v) is 13.7. The topological polar surface area (TPSA) is 76.3 Å². The Balaban J connectivity index is 1.66. The van der Waals surface area contributed by atoms with Crippen LogP contribution in [0.1, 0.15) is 35.0 Å². The summed E-state index contributed by atoms with van der Waals surface area (Å²) in [6.07, 6.45) is 13.7. The van der Waals surface area contributed by atoms with Crippen molar-refractivity contribution >= 4 is 17.9 Å². The molecule has 0 amide bonds. The van der Waals surface area contributed by atoms with Crippen LogP contribution in [0.5, 0.6) is 0 Å². The van der Waals surface area contributed by atoms with E-state index >= 15 is 0 Å². The Morgan fingerprint density at radius 2 is 2.16 bits per heavy atom. The standard InChI is InChI=1S/C21H18N4/c1-2-15-3-7-17(8-4-15)19(23)11-12-21-24-14-20(25-21)18-9-5-16(13-22)6-10-18/h2-9,11-12,14,18,23H,1,10H2,(H,24,25)/b12-11-,23-19?. The van der Waals surface area contributed by atoms with Crippen LogP contribution in [-0.4, -0.2) is 15.7 Å². The van der Waals surface area contributed by atoms with Gasteiger partial charge in [-0.15, -0.1) is 0 Å². The molecule has 1 aliphatic rings. The van der Waals surface area contributed by atoms with Crippen molar-refractivity contribution in [1.82, 2.24) is 9.97 Å². The first-order valence-electron chi connectivity index (χ1n) is 8.02. The maximum Gasteiger partial charge on any atom is 0.130 e. The zero-order valence-electron chi connectivity index (χ0n) is 13.7. The Bertz CT molecular complexity index is 918. The summed E-state index contributed by atoms with van der Waals surface area (Å²) < 4.78 is 0. The molecule has 1 aromatic heterocycles. The Morgan fingerprint density at radius 3 is 2.80 bits per heavy atom. The number of nitrogens with zero attached hydrogens (tertiary/aromatic N) is 2. The summed E-state index contributed by atoms with van der Waals surface area (Å²) in [5, 5.41) is 17.0. The number of rotatable bonds is 5. The second kappa shape index (κ2) is 7.41. The molecule has 1 heterocycles. The van der Waals surface area contributed by atoms with Gasteiger partial charge in [0, 0.05) is 23.4 Å².